The molecule has 0 radical (unpaired) electrons. The first-order chi connectivity index (χ1) is 9.16. The molecule has 0 spiro atoms. The van der Waals surface area contributed by atoms with Crippen LogP contribution in [0.5, 0.6) is 0 Å². The maximum atomic E-state index is 6.18. The molecule has 2 heterocycles. The molecule has 0 saturated carbocycles. The Morgan fingerprint density at radius 1 is 1.05 bits per heavy atom. The lowest BCUT2D eigenvalue weighted by Crippen LogP contribution is -2.44. The number of nitrogens with two attached hydrogens (primary N) is 1. The van der Waals surface area contributed by atoms with Crippen LogP contribution in [0.25, 0.3) is 10.8 Å². The van der Waals surface area contributed by atoms with E-state index in [0.29, 0.717) is 0 Å². The largest absolute Gasteiger partial charge is 0.398 e. The van der Waals surface area contributed by atoms with E-state index in [2.05, 4.69) is 34.0 Å². The van der Waals surface area contributed by atoms with Gasteiger partial charge >= 0.3 is 0 Å². The normalized spacial score (nSPS) is 17.1. The van der Waals surface area contributed by atoms with Gasteiger partial charge in [0, 0.05) is 48.8 Å². The minimum atomic E-state index is 0.871. The van der Waals surface area contributed by atoms with Crippen molar-refractivity contribution in [3.8, 4) is 0 Å². The molecule has 4 heteroatoms. The van der Waals surface area contributed by atoms with Crippen LogP contribution >= 0.6 is 0 Å². The van der Waals surface area contributed by atoms with E-state index in [1.807, 2.05) is 19.2 Å². The SMILES string of the molecule is Cc1ccc2c(N3CCN(C)CC3)nccc2c1N. The van der Waals surface area contributed by atoms with Crippen LogP contribution in [0.4, 0.5) is 11.5 Å². The van der Waals surface area contributed by atoms with Gasteiger partial charge in [0.15, 0.2) is 0 Å². The zero-order valence-corrected chi connectivity index (χ0v) is 11.6. The van der Waals surface area contributed by atoms with Gasteiger partial charge in [-0.15, -0.1) is 0 Å². The van der Waals surface area contributed by atoms with Gasteiger partial charge in [-0.25, -0.2) is 4.98 Å². The average molecular weight is 256 g/mol. The lowest BCUT2D eigenvalue weighted by atomic mass is 10.1. The molecule has 1 fully saturated rings. The fourth-order valence-electron chi connectivity index (χ4n) is 2.64. The summed E-state index contributed by atoms with van der Waals surface area (Å²) in [6.45, 7) is 6.26. The van der Waals surface area contributed by atoms with Gasteiger partial charge < -0.3 is 15.5 Å². The van der Waals surface area contributed by atoms with Gasteiger partial charge in [0.25, 0.3) is 0 Å². The number of pyridine rings is 1. The van der Waals surface area contributed by atoms with Gasteiger partial charge in [0.2, 0.25) is 0 Å². The van der Waals surface area contributed by atoms with Crippen LogP contribution in [0, 0.1) is 6.92 Å². The Hall–Kier alpha value is -1.81. The third-order valence-corrected chi connectivity index (χ3v) is 3.99. The number of fused-ring (bicyclic) bond motifs is 1. The molecule has 0 atom stereocenters. The van der Waals surface area contributed by atoms with Gasteiger partial charge in [-0.3, -0.25) is 0 Å². The Balaban J connectivity index is 2.07. The Kier molecular flexibility index (Phi) is 3.03. The highest BCUT2D eigenvalue weighted by molar-refractivity contribution is 6.00. The van der Waals surface area contributed by atoms with Crippen molar-refractivity contribution in [3.63, 3.8) is 0 Å². The third kappa shape index (κ3) is 2.12. The molecule has 19 heavy (non-hydrogen) atoms. The molecule has 1 aliphatic heterocycles. The maximum Gasteiger partial charge on any atom is 0.136 e. The number of likely N-dealkylation sites (N-methyl/N-ethyl adjacent to an activating group) is 1. The number of hydrogen-bond acceptors (Lipinski definition) is 4. The fourth-order valence-corrected chi connectivity index (χ4v) is 2.64. The summed E-state index contributed by atoms with van der Waals surface area (Å²) in [4.78, 5) is 9.28. The molecule has 2 N–H and O–H groups in total. The standard InChI is InChI=1S/C15H20N4/c1-11-3-4-13-12(14(11)16)5-6-17-15(13)19-9-7-18(2)8-10-19/h3-6H,7-10,16H2,1-2H3. The molecule has 1 saturated heterocycles. The minimum absolute atomic E-state index is 0.871. The summed E-state index contributed by atoms with van der Waals surface area (Å²) in [5.74, 6) is 1.07. The van der Waals surface area contributed by atoms with Crippen LogP contribution in [0.2, 0.25) is 0 Å². The number of nitrogen functional groups attached to an aromatic ring is 1. The lowest BCUT2D eigenvalue weighted by molar-refractivity contribution is 0.312. The van der Waals surface area contributed by atoms with Crippen LogP contribution in [-0.4, -0.2) is 43.1 Å². The van der Waals surface area contributed by atoms with Crippen molar-refractivity contribution < 1.29 is 0 Å². The Morgan fingerprint density at radius 2 is 1.79 bits per heavy atom. The molecule has 0 unspecified atom stereocenters. The lowest BCUT2D eigenvalue weighted by Gasteiger charge is -2.33. The van der Waals surface area contributed by atoms with Crippen LogP contribution in [0.15, 0.2) is 24.4 Å². The first kappa shape index (κ1) is 12.2. The predicted molar refractivity (Wildman–Crippen MR) is 80.6 cm³/mol. The van der Waals surface area contributed by atoms with E-state index in [9.17, 15) is 0 Å². The Bertz CT molecular complexity index is 600. The van der Waals surface area contributed by atoms with E-state index < -0.39 is 0 Å². The second-order valence-electron chi connectivity index (χ2n) is 5.32. The van der Waals surface area contributed by atoms with E-state index in [-0.39, 0.29) is 0 Å². The molecule has 0 aliphatic carbocycles. The van der Waals surface area contributed by atoms with Gasteiger partial charge in [-0.2, -0.15) is 0 Å². The van der Waals surface area contributed by atoms with E-state index in [1.54, 1.807) is 0 Å². The minimum Gasteiger partial charge on any atom is -0.398 e. The Labute approximate surface area is 113 Å². The number of hydrogen-bond donors (Lipinski definition) is 1. The summed E-state index contributed by atoms with van der Waals surface area (Å²) in [6.07, 6.45) is 1.87. The first-order valence-electron chi connectivity index (χ1n) is 6.74. The van der Waals surface area contributed by atoms with E-state index in [4.69, 9.17) is 5.73 Å². The molecule has 0 amide bonds. The van der Waals surface area contributed by atoms with Gasteiger partial charge in [0.1, 0.15) is 5.82 Å². The second kappa shape index (κ2) is 4.70. The number of aryl methyl sites for hydroxylation is 1. The highest BCUT2D eigenvalue weighted by atomic mass is 15.3. The van der Waals surface area contributed by atoms with E-state index >= 15 is 0 Å². The molecular weight excluding hydrogens is 236 g/mol. The van der Waals surface area contributed by atoms with Crippen LogP contribution < -0.4 is 10.6 Å². The number of anilines is 2. The van der Waals surface area contributed by atoms with Crippen LogP contribution in [-0.2, 0) is 0 Å². The predicted octanol–water partition coefficient (Wildman–Crippen LogP) is 1.88. The van der Waals surface area contributed by atoms with Crippen LogP contribution in [0.1, 0.15) is 5.56 Å². The maximum absolute atomic E-state index is 6.18. The number of benzene rings is 1. The summed E-state index contributed by atoms with van der Waals surface area (Å²) in [5, 5.41) is 2.28. The summed E-state index contributed by atoms with van der Waals surface area (Å²) < 4.78 is 0. The molecule has 1 aliphatic rings. The molecular formula is C15H20N4. The molecule has 1 aromatic carbocycles. The molecule has 4 nitrogen and oxygen atoms in total. The van der Waals surface area contributed by atoms with Gasteiger partial charge in [-0.05, 0) is 25.6 Å². The van der Waals surface area contributed by atoms with Crippen LogP contribution in [0.3, 0.4) is 0 Å². The average Bonchev–Trinajstić information content (AvgIpc) is 2.43. The Morgan fingerprint density at radius 3 is 2.53 bits per heavy atom. The van der Waals surface area contributed by atoms with E-state index in [0.717, 1.165) is 54.0 Å². The second-order valence-corrected chi connectivity index (χ2v) is 5.32. The zero-order chi connectivity index (χ0) is 13.4. The fraction of sp³-hybridized carbons (Fsp3) is 0.400. The molecule has 2 aromatic rings. The summed E-state index contributed by atoms with van der Waals surface area (Å²) in [7, 11) is 2.16. The number of rotatable bonds is 1. The zero-order valence-electron chi connectivity index (χ0n) is 11.6. The van der Waals surface area contributed by atoms with Crippen molar-refractivity contribution in [3.05, 3.63) is 30.0 Å². The smallest absolute Gasteiger partial charge is 0.136 e. The monoisotopic (exact) mass is 256 g/mol. The number of nitrogens with zero attached hydrogens (tertiary/aromatic N) is 3. The van der Waals surface area contributed by atoms with Crippen molar-refractivity contribution in [2.24, 2.45) is 0 Å². The first-order valence-corrected chi connectivity index (χ1v) is 6.74. The topological polar surface area (TPSA) is 45.4 Å². The highest BCUT2D eigenvalue weighted by Crippen LogP contribution is 2.30. The van der Waals surface area contributed by atoms with Crippen molar-refractivity contribution in [1.29, 1.82) is 0 Å². The molecule has 3 rings (SSSR count). The van der Waals surface area contributed by atoms with Crippen molar-refractivity contribution in [1.82, 2.24) is 9.88 Å². The third-order valence-electron chi connectivity index (χ3n) is 3.99. The molecule has 1 aromatic heterocycles. The van der Waals surface area contributed by atoms with Gasteiger partial charge in [0.05, 0.1) is 0 Å². The summed E-state index contributed by atoms with van der Waals surface area (Å²) in [6, 6.07) is 6.23. The molecule has 0 bridgehead atoms. The molecule has 100 valence electrons. The van der Waals surface area contributed by atoms with Crippen molar-refractivity contribution in [2.75, 3.05) is 43.9 Å². The highest BCUT2D eigenvalue weighted by Gasteiger charge is 2.17. The summed E-state index contributed by atoms with van der Waals surface area (Å²) >= 11 is 0. The van der Waals surface area contributed by atoms with Crippen molar-refractivity contribution in [2.45, 2.75) is 6.92 Å². The summed E-state index contributed by atoms with van der Waals surface area (Å²) in [5.41, 5.74) is 8.18. The van der Waals surface area contributed by atoms with Gasteiger partial charge in [-0.1, -0.05) is 12.1 Å². The quantitative estimate of drug-likeness (QED) is 0.791. The van der Waals surface area contributed by atoms with Crippen molar-refractivity contribution >= 4 is 22.3 Å². The number of aromatic nitrogens is 1. The van der Waals surface area contributed by atoms with E-state index in [1.165, 1.54) is 0 Å². The number of piperazine rings is 1.